The summed E-state index contributed by atoms with van der Waals surface area (Å²) >= 11 is 0. The van der Waals surface area contributed by atoms with Crippen LogP contribution in [0.3, 0.4) is 0 Å². The Labute approximate surface area is 112 Å². The SMILES string of the molecule is CC(C)c1cccc(CN2CCN(C)C(C)C2)c1. The summed E-state index contributed by atoms with van der Waals surface area (Å²) in [5, 5.41) is 0. The summed E-state index contributed by atoms with van der Waals surface area (Å²) in [6.45, 7) is 11.5. The molecule has 2 rings (SSSR count). The van der Waals surface area contributed by atoms with Crippen molar-refractivity contribution in [3.05, 3.63) is 35.4 Å². The molecule has 100 valence electrons. The van der Waals surface area contributed by atoms with Crippen LogP contribution in [0.4, 0.5) is 0 Å². The Morgan fingerprint density at radius 1 is 1.28 bits per heavy atom. The Kier molecular flexibility index (Phi) is 4.41. The van der Waals surface area contributed by atoms with Gasteiger partial charge in [0.05, 0.1) is 0 Å². The average molecular weight is 246 g/mol. The molecule has 0 aromatic heterocycles. The van der Waals surface area contributed by atoms with Gasteiger partial charge in [-0.15, -0.1) is 0 Å². The largest absolute Gasteiger partial charge is 0.301 e. The fourth-order valence-corrected chi connectivity index (χ4v) is 2.58. The number of piperazine rings is 1. The minimum Gasteiger partial charge on any atom is -0.301 e. The number of nitrogens with zero attached hydrogens (tertiary/aromatic N) is 2. The summed E-state index contributed by atoms with van der Waals surface area (Å²) in [5.74, 6) is 0.622. The molecule has 0 N–H and O–H groups in total. The molecule has 18 heavy (non-hydrogen) atoms. The molecule has 1 saturated heterocycles. The van der Waals surface area contributed by atoms with Crippen LogP contribution in [-0.2, 0) is 6.54 Å². The predicted octanol–water partition coefficient (Wildman–Crippen LogP) is 2.95. The second-order valence-electron chi connectivity index (χ2n) is 5.96. The molecule has 1 atom stereocenters. The quantitative estimate of drug-likeness (QED) is 0.809. The minimum atomic E-state index is 0.622. The van der Waals surface area contributed by atoms with Crippen LogP contribution >= 0.6 is 0 Å². The van der Waals surface area contributed by atoms with Gasteiger partial charge in [-0.3, -0.25) is 4.90 Å². The van der Waals surface area contributed by atoms with Gasteiger partial charge in [-0.25, -0.2) is 0 Å². The maximum absolute atomic E-state index is 2.57. The van der Waals surface area contributed by atoms with Crippen LogP contribution in [0, 0.1) is 0 Å². The van der Waals surface area contributed by atoms with E-state index in [0.717, 1.165) is 6.54 Å². The van der Waals surface area contributed by atoms with E-state index in [9.17, 15) is 0 Å². The molecule has 1 heterocycles. The van der Waals surface area contributed by atoms with Crippen molar-refractivity contribution < 1.29 is 0 Å². The first-order valence-corrected chi connectivity index (χ1v) is 7.07. The predicted molar refractivity (Wildman–Crippen MR) is 77.9 cm³/mol. The maximum Gasteiger partial charge on any atom is 0.0235 e. The van der Waals surface area contributed by atoms with E-state index < -0.39 is 0 Å². The van der Waals surface area contributed by atoms with Crippen molar-refractivity contribution >= 4 is 0 Å². The Bertz CT molecular complexity index is 386. The van der Waals surface area contributed by atoms with Crippen molar-refractivity contribution in [2.45, 2.75) is 39.3 Å². The van der Waals surface area contributed by atoms with Crippen LogP contribution in [0.25, 0.3) is 0 Å². The number of hydrogen-bond acceptors (Lipinski definition) is 2. The zero-order chi connectivity index (χ0) is 13.1. The number of benzene rings is 1. The molecule has 0 spiro atoms. The molecule has 0 amide bonds. The van der Waals surface area contributed by atoms with E-state index in [2.05, 4.69) is 61.9 Å². The molecule has 0 radical (unpaired) electrons. The Balaban J connectivity index is 1.99. The standard InChI is InChI=1S/C16H26N2/c1-13(2)16-7-5-6-15(10-16)12-18-9-8-17(4)14(3)11-18/h5-7,10,13-14H,8-9,11-12H2,1-4H3. The van der Waals surface area contributed by atoms with Gasteiger partial charge in [-0.05, 0) is 31.0 Å². The van der Waals surface area contributed by atoms with Crippen LogP contribution in [0.15, 0.2) is 24.3 Å². The van der Waals surface area contributed by atoms with Crippen LogP contribution in [-0.4, -0.2) is 42.5 Å². The topological polar surface area (TPSA) is 6.48 Å². The molecule has 1 unspecified atom stereocenters. The summed E-state index contributed by atoms with van der Waals surface area (Å²) in [4.78, 5) is 5.02. The van der Waals surface area contributed by atoms with Gasteiger partial charge in [0.1, 0.15) is 0 Å². The lowest BCUT2D eigenvalue weighted by Crippen LogP contribution is -2.49. The fraction of sp³-hybridized carbons (Fsp3) is 0.625. The lowest BCUT2D eigenvalue weighted by molar-refractivity contribution is 0.1000. The van der Waals surface area contributed by atoms with E-state index in [4.69, 9.17) is 0 Å². The Hall–Kier alpha value is -0.860. The normalized spacial score (nSPS) is 22.6. The van der Waals surface area contributed by atoms with Crippen molar-refractivity contribution in [2.24, 2.45) is 0 Å². The van der Waals surface area contributed by atoms with Gasteiger partial charge >= 0.3 is 0 Å². The van der Waals surface area contributed by atoms with Gasteiger partial charge in [0.25, 0.3) is 0 Å². The smallest absolute Gasteiger partial charge is 0.0235 e. The first-order valence-electron chi connectivity index (χ1n) is 7.07. The zero-order valence-corrected chi connectivity index (χ0v) is 12.2. The Morgan fingerprint density at radius 3 is 2.72 bits per heavy atom. The van der Waals surface area contributed by atoms with Crippen LogP contribution in [0.1, 0.15) is 37.8 Å². The highest BCUT2D eigenvalue weighted by molar-refractivity contribution is 5.25. The van der Waals surface area contributed by atoms with Gasteiger partial charge in [-0.1, -0.05) is 38.1 Å². The third kappa shape index (κ3) is 3.33. The summed E-state index contributed by atoms with van der Waals surface area (Å²) in [6.07, 6.45) is 0. The first kappa shape index (κ1) is 13.6. The van der Waals surface area contributed by atoms with E-state index in [0.29, 0.717) is 12.0 Å². The molecule has 1 aromatic carbocycles. The highest BCUT2D eigenvalue weighted by Gasteiger charge is 2.20. The monoisotopic (exact) mass is 246 g/mol. The zero-order valence-electron chi connectivity index (χ0n) is 12.2. The van der Waals surface area contributed by atoms with Crippen LogP contribution < -0.4 is 0 Å². The summed E-state index contributed by atoms with van der Waals surface area (Å²) in [6, 6.07) is 9.74. The molecule has 1 aromatic rings. The van der Waals surface area contributed by atoms with E-state index in [1.54, 1.807) is 0 Å². The highest BCUT2D eigenvalue weighted by Crippen LogP contribution is 2.17. The molecule has 0 saturated carbocycles. The van der Waals surface area contributed by atoms with Crippen molar-refractivity contribution in [3.8, 4) is 0 Å². The summed E-state index contributed by atoms with van der Waals surface area (Å²) in [7, 11) is 2.22. The Morgan fingerprint density at radius 2 is 2.06 bits per heavy atom. The van der Waals surface area contributed by atoms with Gasteiger partial charge in [0.2, 0.25) is 0 Å². The molecule has 0 bridgehead atoms. The molecule has 1 aliphatic rings. The fourth-order valence-electron chi connectivity index (χ4n) is 2.58. The van der Waals surface area contributed by atoms with Crippen molar-refractivity contribution in [3.63, 3.8) is 0 Å². The lowest BCUT2D eigenvalue weighted by Gasteiger charge is -2.37. The van der Waals surface area contributed by atoms with E-state index in [1.165, 1.54) is 30.8 Å². The number of hydrogen-bond donors (Lipinski definition) is 0. The lowest BCUT2D eigenvalue weighted by atomic mass is 10.0. The summed E-state index contributed by atoms with van der Waals surface area (Å²) in [5.41, 5.74) is 2.91. The average Bonchev–Trinajstić information content (AvgIpc) is 2.34. The second kappa shape index (κ2) is 5.85. The van der Waals surface area contributed by atoms with E-state index in [1.807, 2.05) is 0 Å². The number of rotatable bonds is 3. The van der Waals surface area contributed by atoms with Gasteiger partial charge in [-0.2, -0.15) is 0 Å². The maximum atomic E-state index is 2.57. The van der Waals surface area contributed by atoms with Crippen molar-refractivity contribution in [1.82, 2.24) is 9.80 Å². The molecule has 0 aliphatic carbocycles. The molecule has 2 nitrogen and oxygen atoms in total. The molecular formula is C16H26N2. The molecule has 2 heteroatoms. The minimum absolute atomic E-state index is 0.622. The van der Waals surface area contributed by atoms with Crippen LogP contribution in [0.5, 0.6) is 0 Å². The second-order valence-corrected chi connectivity index (χ2v) is 5.96. The highest BCUT2D eigenvalue weighted by atomic mass is 15.3. The number of likely N-dealkylation sites (N-methyl/N-ethyl adjacent to an activating group) is 1. The van der Waals surface area contributed by atoms with E-state index in [-0.39, 0.29) is 0 Å². The first-order chi connectivity index (χ1) is 8.56. The van der Waals surface area contributed by atoms with Gasteiger partial charge < -0.3 is 4.90 Å². The van der Waals surface area contributed by atoms with Crippen molar-refractivity contribution in [1.29, 1.82) is 0 Å². The molecule has 1 fully saturated rings. The van der Waals surface area contributed by atoms with E-state index >= 15 is 0 Å². The molecule has 1 aliphatic heterocycles. The third-order valence-electron chi connectivity index (χ3n) is 4.07. The van der Waals surface area contributed by atoms with Gasteiger partial charge in [0, 0.05) is 32.2 Å². The van der Waals surface area contributed by atoms with Gasteiger partial charge in [0.15, 0.2) is 0 Å². The summed E-state index contributed by atoms with van der Waals surface area (Å²) < 4.78 is 0. The van der Waals surface area contributed by atoms with Crippen molar-refractivity contribution in [2.75, 3.05) is 26.7 Å². The third-order valence-corrected chi connectivity index (χ3v) is 4.07. The van der Waals surface area contributed by atoms with Crippen LogP contribution in [0.2, 0.25) is 0 Å². The molecular weight excluding hydrogens is 220 g/mol.